The Morgan fingerprint density at radius 2 is 1.67 bits per heavy atom. The molecule has 2 atom stereocenters. The summed E-state index contributed by atoms with van der Waals surface area (Å²) in [6, 6.07) is 12.0. The Morgan fingerprint density at radius 3 is 2.29 bits per heavy atom. The number of esters is 1. The van der Waals surface area contributed by atoms with Crippen molar-refractivity contribution in [2.75, 3.05) is 20.2 Å². The number of ether oxygens (including phenoxy) is 2. The molecule has 0 aliphatic rings. The summed E-state index contributed by atoms with van der Waals surface area (Å²) in [7, 11) is 1.66. The third kappa shape index (κ3) is 4.06. The number of fused-ring (bicyclic) bond motifs is 1. The lowest BCUT2D eigenvalue weighted by atomic mass is 9.98. The topological polar surface area (TPSA) is 38.8 Å². The van der Waals surface area contributed by atoms with Gasteiger partial charge in [0, 0.05) is 0 Å². The van der Waals surface area contributed by atoms with Gasteiger partial charge < -0.3 is 9.47 Å². The number of benzene rings is 2. The van der Waals surface area contributed by atoms with Gasteiger partial charge >= 0.3 is 5.97 Å². The highest BCUT2D eigenvalue weighted by Gasteiger charge is 2.21. The zero-order valence-corrected chi connectivity index (χ0v) is 15.2. The Hall–Kier alpha value is -2.07. The second-order valence-electron chi connectivity index (χ2n) is 5.95. The van der Waals surface area contributed by atoms with Crippen LogP contribution in [0.1, 0.15) is 39.2 Å². The van der Waals surface area contributed by atoms with Crippen molar-refractivity contribution in [1.29, 1.82) is 0 Å². The molecule has 0 amide bonds. The maximum absolute atomic E-state index is 12.5. The maximum Gasteiger partial charge on any atom is 0.314 e. The minimum absolute atomic E-state index is 0.192. The molecule has 2 unspecified atom stereocenters. The molecule has 0 saturated carbocycles. The van der Waals surface area contributed by atoms with Crippen LogP contribution in [0.4, 0.5) is 0 Å². The fraction of sp³-hybridized carbons (Fsp3) is 0.450. The smallest absolute Gasteiger partial charge is 0.314 e. The molecular weight excluding hydrogens is 302 g/mol. The Morgan fingerprint density at radius 1 is 1.04 bits per heavy atom. The van der Waals surface area contributed by atoms with Crippen LogP contribution in [0, 0.1) is 0 Å². The highest BCUT2D eigenvalue weighted by molar-refractivity contribution is 5.86. The van der Waals surface area contributed by atoms with E-state index < -0.39 is 0 Å². The Kier molecular flexibility index (Phi) is 6.21. The van der Waals surface area contributed by atoms with Crippen molar-refractivity contribution in [2.45, 2.75) is 39.8 Å². The quantitative estimate of drug-likeness (QED) is 0.564. The second kappa shape index (κ2) is 8.15. The number of carbonyl (C=O) groups is 1. The van der Waals surface area contributed by atoms with Gasteiger partial charge in [-0.05, 0) is 55.4 Å². The first-order chi connectivity index (χ1) is 11.5. The first kappa shape index (κ1) is 18.3. The van der Waals surface area contributed by atoms with Crippen molar-refractivity contribution in [1.82, 2.24) is 4.90 Å². The summed E-state index contributed by atoms with van der Waals surface area (Å²) in [4.78, 5) is 14.6. The third-order valence-electron chi connectivity index (χ3n) is 4.54. The molecular formula is C20H27NO3. The maximum atomic E-state index is 12.5. The van der Waals surface area contributed by atoms with Gasteiger partial charge in [0.25, 0.3) is 0 Å². The molecule has 2 aromatic rings. The van der Waals surface area contributed by atoms with Gasteiger partial charge in [-0.15, -0.1) is 0 Å². The molecule has 0 bridgehead atoms. The van der Waals surface area contributed by atoms with Crippen LogP contribution >= 0.6 is 0 Å². The van der Waals surface area contributed by atoms with E-state index in [0.29, 0.717) is 0 Å². The number of carbonyl (C=O) groups excluding carboxylic acids is 1. The van der Waals surface area contributed by atoms with Crippen molar-refractivity contribution in [3.63, 3.8) is 0 Å². The van der Waals surface area contributed by atoms with E-state index in [1.807, 2.05) is 50.2 Å². The normalized spacial score (nSPS) is 13.8. The van der Waals surface area contributed by atoms with E-state index >= 15 is 0 Å². The lowest BCUT2D eigenvalue weighted by molar-refractivity contribution is -0.158. The summed E-state index contributed by atoms with van der Waals surface area (Å²) in [6.07, 6.45) is -0.209. The van der Waals surface area contributed by atoms with Crippen molar-refractivity contribution in [2.24, 2.45) is 0 Å². The zero-order valence-electron chi connectivity index (χ0n) is 15.2. The largest absolute Gasteiger partial charge is 0.497 e. The molecule has 0 saturated heterocycles. The van der Waals surface area contributed by atoms with Crippen molar-refractivity contribution >= 4 is 16.7 Å². The van der Waals surface area contributed by atoms with Crippen molar-refractivity contribution in [3.8, 4) is 5.75 Å². The molecule has 0 aliphatic heterocycles. The molecule has 0 N–H and O–H groups in total. The molecule has 0 radical (unpaired) electrons. The van der Waals surface area contributed by atoms with Crippen LogP contribution < -0.4 is 4.74 Å². The average Bonchev–Trinajstić information content (AvgIpc) is 2.61. The average molecular weight is 329 g/mol. The predicted octanol–water partition coefficient (Wildman–Crippen LogP) is 4.18. The summed E-state index contributed by atoms with van der Waals surface area (Å²) in [5.41, 5.74) is 0.962. The minimum Gasteiger partial charge on any atom is -0.497 e. The van der Waals surface area contributed by atoms with E-state index in [4.69, 9.17) is 9.47 Å². The van der Waals surface area contributed by atoms with Gasteiger partial charge in [0.2, 0.25) is 0 Å². The van der Waals surface area contributed by atoms with Crippen LogP contribution in [0.25, 0.3) is 10.8 Å². The number of nitrogens with zero attached hydrogens (tertiary/aromatic N) is 1. The van der Waals surface area contributed by atoms with Crippen LogP contribution in [0.5, 0.6) is 5.75 Å². The van der Waals surface area contributed by atoms with Crippen LogP contribution in [0.3, 0.4) is 0 Å². The van der Waals surface area contributed by atoms with Crippen LogP contribution in [0.2, 0.25) is 0 Å². The number of hydrogen-bond donors (Lipinski definition) is 0. The summed E-state index contributed by atoms with van der Waals surface area (Å²) in [5, 5.41) is 2.18. The first-order valence-electron chi connectivity index (χ1n) is 8.52. The fourth-order valence-corrected chi connectivity index (χ4v) is 2.86. The molecule has 2 aromatic carbocycles. The van der Waals surface area contributed by atoms with Gasteiger partial charge in [-0.2, -0.15) is 0 Å². The zero-order chi connectivity index (χ0) is 17.7. The summed E-state index contributed by atoms with van der Waals surface area (Å²) < 4.78 is 10.9. The highest BCUT2D eigenvalue weighted by Crippen LogP contribution is 2.26. The van der Waals surface area contributed by atoms with E-state index in [1.54, 1.807) is 7.11 Å². The third-order valence-corrected chi connectivity index (χ3v) is 4.54. The number of methoxy groups -OCH3 is 1. The molecule has 0 heterocycles. The van der Waals surface area contributed by atoms with Gasteiger partial charge in [0.1, 0.15) is 5.75 Å². The van der Waals surface area contributed by atoms with Crippen LogP contribution in [-0.2, 0) is 9.53 Å². The van der Waals surface area contributed by atoms with E-state index in [1.165, 1.54) is 0 Å². The molecule has 0 fully saturated rings. The van der Waals surface area contributed by atoms with Crippen LogP contribution in [0.15, 0.2) is 36.4 Å². The lowest BCUT2D eigenvalue weighted by Crippen LogP contribution is -2.37. The first-order valence-corrected chi connectivity index (χ1v) is 8.52. The van der Waals surface area contributed by atoms with Gasteiger partial charge in [-0.3, -0.25) is 9.69 Å². The Bertz CT molecular complexity index is 694. The second-order valence-corrected chi connectivity index (χ2v) is 5.95. The Balaban J connectivity index is 2.15. The predicted molar refractivity (Wildman–Crippen MR) is 97.4 cm³/mol. The van der Waals surface area contributed by atoms with Crippen molar-refractivity contribution < 1.29 is 14.3 Å². The fourth-order valence-electron chi connectivity index (χ4n) is 2.86. The van der Waals surface area contributed by atoms with Gasteiger partial charge in [0.15, 0.2) is 6.23 Å². The molecule has 2 rings (SSSR count). The van der Waals surface area contributed by atoms with E-state index in [9.17, 15) is 4.79 Å². The van der Waals surface area contributed by atoms with Gasteiger partial charge in [0.05, 0.1) is 13.0 Å². The molecule has 4 heteroatoms. The summed E-state index contributed by atoms with van der Waals surface area (Å²) in [5.74, 6) is 0.340. The summed E-state index contributed by atoms with van der Waals surface area (Å²) >= 11 is 0. The van der Waals surface area contributed by atoms with Crippen molar-refractivity contribution in [3.05, 3.63) is 42.0 Å². The van der Waals surface area contributed by atoms with Gasteiger partial charge in [-0.25, -0.2) is 0 Å². The highest BCUT2D eigenvalue weighted by atomic mass is 16.6. The molecule has 0 aromatic heterocycles. The SMILES string of the molecule is CCN(CC)C(C)OC(=O)C(C)c1ccc2cc(OC)ccc2c1. The number of hydrogen-bond acceptors (Lipinski definition) is 4. The van der Waals surface area contributed by atoms with Crippen LogP contribution in [-0.4, -0.2) is 37.3 Å². The standard InChI is InChI=1S/C20H27NO3/c1-6-21(7-2)15(4)24-20(22)14(3)16-8-9-18-13-19(23-5)11-10-17(18)12-16/h8-15H,6-7H2,1-5H3. The molecule has 4 nitrogen and oxygen atoms in total. The van der Waals surface area contributed by atoms with E-state index in [0.717, 1.165) is 35.2 Å². The number of rotatable bonds is 7. The van der Waals surface area contributed by atoms with E-state index in [-0.39, 0.29) is 18.1 Å². The molecule has 0 aliphatic carbocycles. The van der Waals surface area contributed by atoms with Gasteiger partial charge in [-0.1, -0.05) is 38.1 Å². The Labute approximate surface area is 144 Å². The van der Waals surface area contributed by atoms with E-state index in [2.05, 4.69) is 18.7 Å². The minimum atomic E-state index is -0.297. The molecule has 0 spiro atoms. The lowest BCUT2D eigenvalue weighted by Gasteiger charge is -2.27. The monoisotopic (exact) mass is 329 g/mol. The molecule has 24 heavy (non-hydrogen) atoms. The molecule has 130 valence electrons. The summed E-state index contributed by atoms with van der Waals surface area (Å²) in [6.45, 7) is 9.66.